The van der Waals surface area contributed by atoms with Crippen molar-refractivity contribution in [3.63, 3.8) is 0 Å². The third kappa shape index (κ3) is 4.70. The Bertz CT molecular complexity index is 982. The lowest BCUT2D eigenvalue weighted by molar-refractivity contribution is 0.239. The molecule has 1 fully saturated rings. The molecule has 152 valence electrons. The predicted octanol–water partition coefficient (Wildman–Crippen LogP) is 3.98. The topological polar surface area (TPSA) is 60.2 Å². The molecule has 1 aliphatic rings. The Labute approximate surface area is 170 Å². The SMILES string of the molecule is Cc1ccc2c(CCNC(=O)NCC3CCN(c4ccc(F)cc4)C3)c[nH]c2c1. The van der Waals surface area contributed by atoms with E-state index in [1.54, 1.807) is 0 Å². The quantitative estimate of drug-likeness (QED) is 0.592. The van der Waals surface area contributed by atoms with Gasteiger partial charge in [0.15, 0.2) is 0 Å². The van der Waals surface area contributed by atoms with Crippen LogP contribution in [0, 0.1) is 18.7 Å². The maximum atomic E-state index is 13.1. The van der Waals surface area contributed by atoms with Crippen molar-refractivity contribution in [2.75, 3.05) is 31.1 Å². The monoisotopic (exact) mass is 394 g/mol. The minimum absolute atomic E-state index is 0.124. The van der Waals surface area contributed by atoms with Gasteiger partial charge in [-0.15, -0.1) is 0 Å². The van der Waals surface area contributed by atoms with E-state index in [1.807, 2.05) is 18.3 Å². The van der Waals surface area contributed by atoms with E-state index in [4.69, 9.17) is 0 Å². The molecule has 0 bridgehead atoms. The Morgan fingerprint density at radius 2 is 2.03 bits per heavy atom. The molecule has 1 unspecified atom stereocenters. The Morgan fingerprint density at radius 3 is 2.86 bits per heavy atom. The molecule has 1 aromatic heterocycles. The van der Waals surface area contributed by atoms with Crippen molar-refractivity contribution in [3.8, 4) is 0 Å². The van der Waals surface area contributed by atoms with Crippen LogP contribution in [-0.2, 0) is 6.42 Å². The maximum Gasteiger partial charge on any atom is 0.314 e. The van der Waals surface area contributed by atoms with Gasteiger partial charge in [0.1, 0.15) is 5.82 Å². The number of aromatic nitrogens is 1. The number of halogens is 1. The zero-order valence-corrected chi connectivity index (χ0v) is 16.7. The fourth-order valence-electron chi connectivity index (χ4n) is 4.00. The van der Waals surface area contributed by atoms with Crippen molar-refractivity contribution >= 4 is 22.6 Å². The van der Waals surface area contributed by atoms with Crippen LogP contribution >= 0.6 is 0 Å². The summed E-state index contributed by atoms with van der Waals surface area (Å²) < 4.78 is 13.1. The van der Waals surface area contributed by atoms with Crippen molar-refractivity contribution in [2.45, 2.75) is 19.8 Å². The normalized spacial score (nSPS) is 16.3. The number of fused-ring (bicyclic) bond motifs is 1. The molecule has 2 amide bonds. The number of carbonyl (C=O) groups excluding carboxylic acids is 1. The molecule has 0 saturated carbocycles. The van der Waals surface area contributed by atoms with Crippen molar-refractivity contribution in [2.24, 2.45) is 5.92 Å². The summed E-state index contributed by atoms with van der Waals surface area (Å²) in [5.74, 6) is 0.188. The van der Waals surface area contributed by atoms with Gasteiger partial charge in [-0.2, -0.15) is 0 Å². The van der Waals surface area contributed by atoms with Gasteiger partial charge in [-0.05, 0) is 67.1 Å². The van der Waals surface area contributed by atoms with Crippen LogP contribution in [0.1, 0.15) is 17.5 Å². The number of hydrogen-bond acceptors (Lipinski definition) is 2. The highest BCUT2D eigenvalue weighted by Gasteiger charge is 2.23. The molecule has 6 heteroatoms. The van der Waals surface area contributed by atoms with Crippen LogP contribution in [0.25, 0.3) is 10.9 Å². The zero-order valence-electron chi connectivity index (χ0n) is 16.7. The van der Waals surface area contributed by atoms with Gasteiger partial charge in [0.25, 0.3) is 0 Å². The van der Waals surface area contributed by atoms with Crippen molar-refractivity contribution < 1.29 is 9.18 Å². The molecule has 0 spiro atoms. The fourth-order valence-corrected chi connectivity index (χ4v) is 4.00. The Hall–Kier alpha value is -3.02. The van der Waals surface area contributed by atoms with Gasteiger partial charge in [-0.25, -0.2) is 9.18 Å². The van der Waals surface area contributed by atoms with E-state index in [0.29, 0.717) is 19.0 Å². The van der Waals surface area contributed by atoms with Crippen molar-refractivity contribution in [3.05, 3.63) is 65.6 Å². The first-order valence-electron chi connectivity index (χ1n) is 10.2. The van der Waals surface area contributed by atoms with Crippen LogP contribution in [0.4, 0.5) is 14.9 Å². The second-order valence-corrected chi connectivity index (χ2v) is 7.83. The lowest BCUT2D eigenvalue weighted by Gasteiger charge is -2.19. The molecule has 0 radical (unpaired) electrons. The van der Waals surface area contributed by atoms with Crippen molar-refractivity contribution in [1.82, 2.24) is 15.6 Å². The van der Waals surface area contributed by atoms with Crippen LogP contribution in [0.5, 0.6) is 0 Å². The summed E-state index contributed by atoms with van der Waals surface area (Å²) in [4.78, 5) is 17.7. The number of H-pyrrole nitrogens is 1. The molecule has 4 rings (SSSR count). The second-order valence-electron chi connectivity index (χ2n) is 7.83. The summed E-state index contributed by atoms with van der Waals surface area (Å²) in [5, 5.41) is 7.15. The van der Waals surface area contributed by atoms with E-state index in [9.17, 15) is 9.18 Å². The van der Waals surface area contributed by atoms with E-state index >= 15 is 0 Å². The third-order valence-electron chi connectivity index (χ3n) is 5.63. The molecule has 1 saturated heterocycles. The lowest BCUT2D eigenvalue weighted by Crippen LogP contribution is -2.39. The smallest absolute Gasteiger partial charge is 0.314 e. The maximum absolute atomic E-state index is 13.1. The first kappa shape index (κ1) is 19.3. The van der Waals surface area contributed by atoms with Gasteiger partial charge in [0.05, 0.1) is 0 Å². The molecular formula is C23H27FN4O. The molecule has 2 heterocycles. The largest absolute Gasteiger partial charge is 0.371 e. The van der Waals surface area contributed by atoms with E-state index in [0.717, 1.165) is 37.1 Å². The molecule has 3 N–H and O–H groups in total. The van der Waals surface area contributed by atoms with Gasteiger partial charge in [0.2, 0.25) is 0 Å². The number of aromatic amines is 1. The van der Waals surface area contributed by atoms with Gasteiger partial charge < -0.3 is 20.5 Å². The van der Waals surface area contributed by atoms with E-state index in [-0.39, 0.29) is 11.8 Å². The average molecular weight is 394 g/mol. The highest BCUT2D eigenvalue weighted by Crippen LogP contribution is 2.23. The number of urea groups is 1. The summed E-state index contributed by atoms with van der Waals surface area (Å²) in [6.07, 6.45) is 3.83. The van der Waals surface area contributed by atoms with Gasteiger partial charge in [-0.3, -0.25) is 0 Å². The Kier molecular flexibility index (Phi) is 5.69. The van der Waals surface area contributed by atoms with E-state index < -0.39 is 0 Å². The first-order chi connectivity index (χ1) is 14.1. The summed E-state index contributed by atoms with van der Waals surface area (Å²) in [7, 11) is 0. The fraction of sp³-hybridized carbons (Fsp3) is 0.348. The van der Waals surface area contributed by atoms with Crippen LogP contribution in [0.2, 0.25) is 0 Å². The van der Waals surface area contributed by atoms with Gasteiger partial charge in [-0.1, -0.05) is 12.1 Å². The minimum Gasteiger partial charge on any atom is -0.371 e. The molecule has 1 atom stereocenters. The standard InChI is InChI=1S/C23H27FN4O/c1-16-2-7-21-18(14-26-22(21)12-16)8-10-25-23(29)27-13-17-9-11-28(15-17)20-5-3-19(24)4-6-20/h2-7,12,14,17,26H,8-11,13,15H2,1H3,(H2,25,27,29). The number of benzene rings is 2. The summed E-state index contributed by atoms with van der Waals surface area (Å²) in [6.45, 7) is 5.13. The van der Waals surface area contributed by atoms with Crippen LogP contribution in [0.15, 0.2) is 48.7 Å². The van der Waals surface area contributed by atoms with Gasteiger partial charge >= 0.3 is 6.03 Å². The number of rotatable bonds is 6. The molecule has 5 nitrogen and oxygen atoms in total. The van der Waals surface area contributed by atoms with Crippen LogP contribution in [0.3, 0.4) is 0 Å². The second kappa shape index (κ2) is 8.55. The molecule has 0 aliphatic carbocycles. The predicted molar refractivity (Wildman–Crippen MR) is 115 cm³/mol. The van der Waals surface area contributed by atoms with Crippen LogP contribution < -0.4 is 15.5 Å². The average Bonchev–Trinajstić information content (AvgIpc) is 3.34. The molecule has 1 aliphatic heterocycles. The number of aryl methyl sites for hydroxylation is 1. The highest BCUT2D eigenvalue weighted by atomic mass is 19.1. The first-order valence-corrected chi connectivity index (χ1v) is 10.2. The summed E-state index contributed by atoms with van der Waals surface area (Å²) in [5.41, 5.74) is 4.61. The molecule has 29 heavy (non-hydrogen) atoms. The molecule has 2 aromatic carbocycles. The minimum atomic E-state index is -0.217. The number of hydrogen-bond donors (Lipinski definition) is 3. The highest BCUT2D eigenvalue weighted by molar-refractivity contribution is 5.83. The van der Waals surface area contributed by atoms with E-state index in [1.165, 1.54) is 28.6 Å². The number of nitrogens with one attached hydrogen (secondary N) is 3. The zero-order chi connectivity index (χ0) is 20.2. The Balaban J connectivity index is 1.19. The third-order valence-corrected chi connectivity index (χ3v) is 5.63. The van der Waals surface area contributed by atoms with E-state index in [2.05, 4.69) is 45.6 Å². The van der Waals surface area contributed by atoms with Gasteiger partial charge in [0, 0.05) is 49.0 Å². The Morgan fingerprint density at radius 1 is 1.21 bits per heavy atom. The number of anilines is 1. The molecular weight excluding hydrogens is 367 g/mol. The van der Waals surface area contributed by atoms with Crippen LogP contribution in [-0.4, -0.2) is 37.2 Å². The summed E-state index contributed by atoms with van der Waals surface area (Å²) in [6, 6.07) is 12.8. The molecule has 3 aromatic rings. The number of nitrogens with zero attached hydrogens (tertiary/aromatic N) is 1. The summed E-state index contributed by atoms with van der Waals surface area (Å²) >= 11 is 0. The van der Waals surface area contributed by atoms with Crippen molar-refractivity contribution in [1.29, 1.82) is 0 Å². The number of carbonyl (C=O) groups is 1. The lowest BCUT2D eigenvalue weighted by atomic mass is 10.1. The number of amides is 2.